The highest BCUT2D eigenvalue weighted by atomic mass is 127. The summed E-state index contributed by atoms with van der Waals surface area (Å²) >= 11 is 2.14. The van der Waals surface area contributed by atoms with Gasteiger partial charge in [0.05, 0.1) is 18.8 Å². The van der Waals surface area contributed by atoms with E-state index in [-0.39, 0.29) is 5.97 Å². The minimum atomic E-state index is -0.285. The zero-order valence-corrected chi connectivity index (χ0v) is 15.1. The van der Waals surface area contributed by atoms with E-state index in [1.54, 1.807) is 6.07 Å². The van der Waals surface area contributed by atoms with Gasteiger partial charge < -0.3 is 9.47 Å². The number of benzene rings is 1. The van der Waals surface area contributed by atoms with E-state index < -0.39 is 0 Å². The molecule has 0 heterocycles. The summed E-state index contributed by atoms with van der Waals surface area (Å²) in [5.41, 5.74) is 0.581. The highest BCUT2D eigenvalue weighted by Gasteiger charge is 2.12. The lowest BCUT2D eigenvalue weighted by atomic mass is 10.1. The van der Waals surface area contributed by atoms with Crippen LogP contribution in [0.3, 0.4) is 0 Å². The van der Waals surface area contributed by atoms with Crippen molar-refractivity contribution in [3.05, 3.63) is 27.3 Å². The molecule has 0 aliphatic heterocycles. The maximum absolute atomic E-state index is 11.8. The van der Waals surface area contributed by atoms with Crippen LogP contribution < -0.4 is 4.74 Å². The van der Waals surface area contributed by atoms with Crippen molar-refractivity contribution in [2.75, 3.05) is 13.2 Å². The van der Waals surface area contributed by atoms with Gasteiger partial charge in [-0.1, -0.05) is 39.0 Å². The number of rotatable bonds is 10. The molecule has 21 heavy (non-hydrogen) atoms. The van der Waals surface area contributed by atoms with Crippen molar-refractivity contribution >= 4 is 28.6 Å². The van der Waals surface area contributed by atoms with E-state index in [1.807, 2.05) is 19.1 Å². The molecule has 0 fully saturated rings. The third-order valence-electron chi connectivity index (χ3n) is 3.20. The first kappa shape index (κ1) is 18.3. The fraction of sp³-hybridized carbons (Fsp3) is 0.588. The Kier molecular flexibility index (Phi) is 9.46. The van der Waals surface area contributed by atoms with Crippen molar-refractivity contribution < 1.29 is 14.3 Å². The molecule has 0 radical (unpaired) electrons. The van der Waals surface area contributed by atoms with Crippen LogP contribution in [0.25, 0.3) is 0 Å². The first-order valence-electron chi connectivity index (χ1n) is 7.78. The summed E-state index contributed by atoms with van der Waals surface area (Å²) in [6.07, 6.45) is 7.45. The van der Waals surface area contributed by atoms with E-state index in [1.165, 1.54) is 32.1 Å². The molecule has 0 saturated heterocycles. The molecule has 0 aliphatic rings. The van der Waals surface area contributed by atoms with E-state index >= 15 is 0 Å². The van der Waals surface area contributed by atoms with Crippen molar-refractivity contribution in [1.82, 2.24) is 0 Å². The summed E-state index contributed by atoms with van der Waals surface area (Å²) in [5, 5.41) is 0. The first-order valence-corrected chi connectivity index (χ1v) is 8.86. The molecule has 1 rings (SSSR count). The van der Waals surface area contributed by atoms with Crippen molar-refractivity contribution in [3.8, 4) is 5.75 Å². The molecule has 0 amide bonds. The molecule has 0 aliphatic carbocycles. The Hall–Kier alpha value is -0.780. The van der Waals surface area contributed by atoms with Gasteiger partial charge in [-0.2, -0.15) is 0 Å². The zero-order chi connectivity index (χ0) is 15.5. The van der Waals surface area contributed by atoms with Crippen LogP contribution in [0.5, 0.6) is 5.75 Å². The van der Waals surface area contributed by atoms with E-state index in [4.69, 9.17) is 9.47 Å². The number of esters is 1. The molecule has 0 spiro atoms. The fourth-order valence-electron chi connectivity index (χ4n) is 2.03. The van der Waals surface area contributed by atoms with Gasteiger partial charge in [0.25, 0.3) is 0 Å². The van der Waals surface area contributed by atoms with E-state index in [0.29, 0.717) is 18.8 Å². The van der Waals surface area contributed by atoms with Gasteiger partial charge in [0, 0.05) is 3.57 Å². The van der Waals surface area contributed by atoms with Gasteiger partial charge in [0.1, 0.15) is 5.75 Å². The Balaban J connectivity index is 2.38. The van der Waals surface area contributed by atoms with Crippen LogP contribution >= 0.6 is 22.6 Å². The van der Waals surface area contributed by atoms with Crippen LogP contribution in [-0.2, 0) is 4.74 Å². The summed E-state index contributed by atoms with van der Waals surface area (Å²) in [6.45, 7) is 5.12. The van der Waals surface area contributed by atoms with Crippen LogP contribution in [0.1, 0.15) is 62.7 Å². The van der Waals surface area contributed by atoms with Gasteiger partial charge in [0.2, 0.25) is 0 Å². The summed E-state index contributed by atoms with van der Waals surface area (Å²) in [4.78, 5) is 11.8. The second-order valence-electron chi connectivity index (χ2n) is 4.98. The Morgan fingerprint density at radius 1 is 1.10 bits per heavy atom. The third-order valence-corrected chi connectivity index (χ3v) is 4.14. The van der Waals surface area contributed by atoms with Gasteiger partial charge in [0.15, 0.2) is 0 Å². The predicted octanol–water partition coefficient (Wildman–Crippen LogP) is 5.21. The lowest BCUT2D eigenvalue weighted by Gasteiger charge is -2.09. The molecule has 3 nitrogen and oxygen atoms in total. The second-order valence-corrected chi connectivity index (χ2v) is 6.14. The van der Waals surface area contributed by atoms with Gasteiger partial charge in [-0.05, 0) is 54.1 Å². The van der Waals surface area contributed by atoms with Crippen LogP contribution in [0.15, 0.2) is 18.2 Å². The SMILES string of the molecule is CCCCCCCCOc1ccc(I)c(C(=O)OCC)c1. The number of halogens is 1. The number of ether oxygens (including phenoxy) is 2. The van der Waals surface area contributed by atoms with Crippen LogP contribution in [-0.4, -0.2) is 19.2 Å². The number of carbonyl (C=O) groups is 1. The van der Waals surface area contributed by atoms with Crippen LogP contribution in [0.2, 0.25) is 0 Å². The number of hydrogen-bond acceptors (Lipinski definition) is 3. The average Bonchev–Trinajstić information content (AvgIpc) is 2.48. The number of unbranched alkanes of at least 4 members (excludes halogenated alkanes) is 5. The fourth-order valence-corrected chi connectivity index (χ4v) is 2.59. The Bertz CT molecular complexity index is 432. The topological polar surface area (TPSA) is 35.5 Å². The Morgan fingerprint density at radius 2 is 1.81 bits per heavy atom. The maximum Gasteiger partial charge on any atom is 0.339 e. The molecule has 0 atom stereocenters. The number of hydrogen-bond donors (Lipinski definition) is 0. The van der Waals surface area contributed by atoms with Gasteiger partial charge in [-0.25, -0.2) is 4.79 Å². The monoisotopic (exact) mass is 404 g/mol. The molecular weight excluding hydrogens is 379 g/mol. The molecular formula is C17H25IO3. The van der Waals surface area contributed by atoms with Crippen molar-refractivity contribution in [3.63, 3.8) is 0 Å². The molecule has 0 saturated carbocycles. The summed E-state index contributed by atoms with van der Waals surface area (Å²) in [6, 6.07) is 5.57. The normalized spacial score (nSPS) is 10.4. The van der Waals surface area contributed by atoms with Gasteiger partial charge in [-0.3, -0.25) is 0 Å². The van der Waals surface area contributed by atoms with E-state index in [2.05, 4.69) is 29.5 Å². The summed E-state index contributed by atoms with van der Waals surface area (Å²) in [7, 11) is 0. The van der Waals surface area contributed by atoms with Gasteiger partial charge >= 0.3 is 5.97 Å². The minimum Gasteiger partial charge on any atom is -0.494 e. The van der Waals surface area contributed by atoms with Crippen molar-refractivity contribution in [2.45, 2.75) is 52.4 Å². The first-order chi connectivity index (χ1) is 10.2. The Morgan fingerprint density at radius 3 is 2.52 bits per heavy atom. The summed E-state index contributed by atoms with van der Waals surface area (Å²) in [5.74, 6) is 0.457. The zero-order valence-electron chi connectivity index (χ0n) is 13.0. The van der Waals surface area contributed by atoms with Crippen LogP contribution in [0.4, 0.5) is 0 Å². The number of carbonyl (C=O) groups excluding carboxylic acids is 1. The smallest absolute Gasteiger partial charge is 0.339 e. The largest absolute Gasteiger partial charge is 0.494 e. The standard InChI is InChI=1S/C17H25IO3/c1-3-5-6-7-8-9-12-21-14-10-11-16(18)15(13-14)17(19)20-4-2/h10-11,13H,3-9,12H2,1-2H3. The maximum atomic E-state index is 11.8. The molecule has 1 aromatic carbocycles. The van der Waals surface area contributed by atoms with Crippen molar-refractivity contribution in [2.24, 2.45) is 0 Å². The highest BCUT2D eigenvalue weighted by molar-refractivity contribution is 14.1. The average molecular weight is 404 g/mol. The highest BCUT2D eigenvalue weighted by Crippen LogP contribution is 2.21. The molecule has 118 valence electrons. The van der Waals surface area contributed by atoms with Crippen molar-refractivity contribution in [1.29, 1.82) is 0 Å². The molecule has 0 aromatic heterocycles. The van der Waals surface area contributed by atoms with Crippen LogP contribution in [0, 0.1) is 3.57 Å². The van der Waals surface area contributed by atoms with E-state index in [0.717, 1.165) is 15.7 Å². The summed E-state index contributed by atoms with van der Waals surface area (Å²) < 4.78 is 11.7. The second kappa shape index (κ2) is 10.9. The predicted molar refractivity (Wildman–Crippen MR) is 94.0 cm³/mol. The molecule has 0 unspecified atom stereocenters. The molecule has 4 heteroatoms. The molecule has 1 aromatic rings. The Labute approximate surface area is 141 Å². The third kappa shape index (κ3) is 7.16. The lowest BCUT2D eigenvalue weighted by Crippen LogP contribution is -2.07. The molecule has 0 bridgehead atoms. The lowest BCUT2D eigenvalue weighted by molar-refractivity contribution is 0.0524. The minimum absolute atomic E-state index is 0.285. The van der Waals surface area contributed by atoms with Gasteiger partial charge in [-0.15, -0.1) is 0 Å². The van der Waals surface area contributed by atoms with E-state index in [9.17, 15) is 4.79 Å². The molecule has 0 N–H and O–H groups in total. The quantitative estimate of drug-likeness (QED) is 0.305.